The number of Topliss-reactive ketones (excluding diaryl/α,β-unsaturated/α-hetero) is 2. The Labute approximate surface area is 153 Å². The molecule has 140 valence electrons. The number of carbonyl (C=O) groups excluding carboxylic acids is 3. The maximum atomic E-state index is 13.3. The highest BCUT2D eigenvalue weighted by Crippen LogP contribution is 2.66. The van der Waals surface area contributed by atoms with E-state index in [4.69, 9.17) is 0 Å². The lowest BCUT2D eigenvalue weighted by molar-refractivity contribution is -0.168. The van der Waals surface area contributed by atoms with Crippen molar-refractivity contribution >= 4 is 17.3 Å². The Balaban J connectivity index is 1.76. The van der Waals surface area contributed by atoms with Gasteiger partial charge < -0.3 is 10.2 Å². The summed E-state index contributed by atoms with van der Waals surface area (Å²) in [5.74, 6) is -0.590. The lowest BCUT2D eigenvalue weighted by atomic mass is 9.46. The molecule has 0 bridgehead atoms. The van der Waals surface area contributed by atoms with Gasteiger partial charge in [0.15, 0.2) is 11.6 Å². The predicted octanol–water partition coefficient (Wildman–Crippen LogP) is 1.77. The number of hydrogen-bond acceptors (Lipinski definition) is 5. The third kappa shape index (κ3) is 2.01. The van der Waals surface area contributed by atoms with Gasteiger partial charge in [-0.05, 0) is 49.7 Å². The van der Waals surface area contributed by atoms with Gasteiger partial charge in [-0.1, -0.05) is 25.5 Å². The van der Waals surface area contributed by atoms with E-state index in [-0.39, 0.29) is 35.7 Å². The van der Waals surface area contributed by atoms with Gasteiger partial charge in [0.05, 0.1) is 0 Å². The third-order valence-electron chi connectivity index (χ3n) is 8.01. The van der Waals surface area contributed by atoms with Crippen LogP contribution in [0.5, 0.6) is 0 Å². The molecule has 3 saturated carbocycles. The van der Waals surface area contributed by atoms with Crippen LogP contribution in [0.15, 0.2) is 23.8 Å². The predicted molar refractivity (Wildman–Crippen MR) is 94.0 cm³/mol. The Kier molecular flexibility index (Phi) is 3.74. The van der Waals surface area contributed by atoms with Crippen LogP contribution in [0.3, 0.4) is 0 Å². The molecule has 0 aliphatic heterocycles. The molecule has 0 aromatic rings. The SMILES string of the molecule is C[C@]12C=CC(=O)C=C1CC[C@@H]1C2C(=O)C[C@@]2(C)C1CC[C@]2(O)C(=O)CO. The molecule has 2 N–H and O–H groups in total. The standard InChI is InChI=1S/C21H26O5/c1-19-7-5-13(23)9-12(19)3-4-14-15-6-8-21(26,17(25)11-22)20(15,2)10-16(24)18(14)19/h5,7,9,14-15,18,22,26H,3-4,6,8,10-11H2,1-2H3/t14-,15?,18?,19-,20-,21-/m0/s1. The molecule has 4 aliphatic rings. The molecule has 0 saturated heterocycles. The normalized spacial score (nSPS) is 47.1. The van der Waals surface area contributed by atoms with Gasteiger partial charge in [-0.2, -0.15) is 0 Å². The van der Waals surface area contributed by atoms with Crippen LogP contribution in [0, 0.1) is 28.6 Å². The molecule has 6 atom stereocenters. The van der Waals surface area contributed by atoms with E-state index in [1.165, 1.54) is 0 Å². The summed E-state index contributed by atoms with van der Waals surface area (Å²) in [6.45, 7) is 3.19. The average molecular weight is 358 g/mol. The topological polar surface area (TPSA) is 91.7 Å². The lowest BCUT2D eigenvalue weighted by Gasteiger charge is -2.56. The summed E-state index contributed by atoms with van der Waals surface area (Å²) in [5, 5.41) is 20.5. The highest BCUT2D eigenvalue weighted by Gasteiger charge is 2.68. The van der Waals surface area contributed by atoms with Crippen molar-refractivity contribution in [2.45, 2.75) is 51.6 Å². The molecule has 26 heavy (non-hydrogen) atoms. The minimum atomic E-state index is -1.62. The second-order valence-electron chi connectivity index (χ2n) is 9.02. The number of allylic oxidation sites excluding steroid dienone is 4. The van der Waals surface area contributed by atoms with Crippen molar-refractivity contribution in [3.8, 4) is 0 Å². The quantitative estimate of drug-likeness (QED) is 0.785. The average Bonchev–Trinajstić information content (AvgIpc) is 2.86. The summed E-state index contributed by atoms with van der Waals surface area (Å²) in [5.41, 5.74) is -1.86. The van der Waals surface area contributed by atoms with E-state index in [9.17, 15) is 24.6 Å². The minimum absolute atomic E-state index is 0.0206. The highest BCUT2D eigenvalue weighted by molar-refractivity contribution is 6.02. The molecule has 0 amide bonds. The van der Waals surface area contributed by atoms with Crippen LogP contribution in [-0.4, -0.2) is 39.8 Å². The van der Waals surface area contributed by atoms with E-state index in [1.54, 1.807) is 12.2 Å². The number of ketones is 3. The molecule has 5 nitrogen and oxygen atoms in total. The van der Waals surface area contributed by atoms with Gasteiger partial charge in [-0.3, -0.25) is 14.4 Å². The Hall–Kier alpha value is -1.59. The van der Waals surface area contributed by atoms with Crippen molar-refractivity contribution in [2.24, 2.45) is 28.6 Å². The molecule has 2 unspecified atom stereocenters. The number of aliphatic hydroxyl groups excluding tert-OH is 1. The first-order valence-corrected chi connectivity index (χ1v) is 9.51. The molecule has 0 spiro atoms. The first kappa shape index (κ1) is 17.8. The molecule has 0 aromatic carbocycles. The van der Waals surface area contributed by atoms with Crippen molar-refractivity contribution in [3.63, 3.8) is 0 Å². The van der Waals surface area contributed by atoms with E-state index < -0.39 is 28.8 Å². The molecular weight excluding hydrogens is 332 g/mol. The van der Waals surface area contributed by atoms with Crippen LogP contribution in [-0.2, 0) is 14.4 Å². The summed E-state index contributed by atoms with van der Waals surface area (Å²) in [4.78, 5) is 37.4. The van der Waals surface area contributed by atoms with Crippen LogP contribution in [0.1, 0.15) is 46.0 Å². The van der Waals surface area contributed by atoms with Crippen LogP contribution in [0.25, 0.3) is 0 Å². The van der Waals surface area contributed by atoms with Crippen LogP contribution < -0.4 is 0 Å². The molecule has 5 heteroatoms. The maximum absolute atomic E-state index is 13.3. The smallest absolute Gasteiger partial charge is 0.190 e. The van der Waals surface area contributed by atoms with Gasteiger partial charge in [-0.25, -0.2) is 0 Å². The van der Waals surface area contributed by atoms with E-state index >= 15 is 0 Å². The third-order valence-corrected chi connectivity index (χ3v) is 8.01. The van der Waals surface area contributed by atoms with Gasteiger partial charge in [0, 0.05) is 23.2 Å². The number of carbonyl (C=O) groups is 3. The van der Waals surface area contributed by atoms with Gasteiger partial charge in [0.25, 0.3) is 0 Å². The maximum Gasteiger partial charge on any atom is 0.190 e. The Morgan fingerprint density at radius 2 is 2.00 bits per heavy atom. The van der Waals surface area contributed by atoms with Crippen molar-refractivity contribution < 1.29 is 24.6 Å². The number of aliphatic hydroxyl groups is 2. The molecule has 0 aromatic heterocycles. The molecule has 0 heterocycles. The Bertz CT molecular complexity index is 764. The fourth-order valence-corrected chi connectivity index (χ4v) is 6.62. The largest absolute Gasteiger partial charge is 0.388 e. The summed E-state index contributed by atoms with van der Waals surface area (Å²) in [6, 6.07) is 0. The van der Waals surface area contributed by atoms with E-state index in [2.05, 4.69) is 0 Å². The first-order chi connectivity index (χ1) is 12.2. The fraction of sp³-hybridized carbons (Fsp3) is 0.667. The first-order valence-electron chi connectivity index (χ1n) is 9.51. The summed E-state index contributed by atoms with van der Waals surface area (Å²) >= 11 is 0. The second-order valence-corrected chi connectivity index (χ2v) is 9.02. The second kappa shape index (κ2) is 5.46. The van der Waals surface area contributed by atoms with Crippen LogP contribution in [0.2, 0.25) is 0 Å². The summed E-state index contributed by atoms with van der Waals surface area (Å²) in [6.07, 6.45) is 7.82. The van der Waals surface area contributed by atoms with E-state index in [1.807, 2.05) is 19.9 Å². The van der Waals surface area contributed by atoms with Crippen molar-refractivity contribution in [1.29, 1.82) is 0 Å². The molecular formula is C21H26O5. The van der Waals surface area contributed by atoms with E-state index in [0.717, 1.165) is 18.4 Å². The Morgan fingerprint density at radius 3 is 2.69 bits per heavy atom. The van der Waals surface area contributed by atoms with Crippen LogP contribution >= 0.6 is 0 Å². The zero-order valence-electron chi connectivity index (χ0n) is 15.3. The summed E-state index contributed by atoms with van der Waals surface area (Å²) in [7, 11) is 0. The number of hydrogen-bond donors (Lipinski definition) is 2. The van der Waals surface area contributed by atoms with Gasteiger partial charge in [0.1, 0.15) is 18.0 Å². The summed E-state index contributed by atoms with van der Waals surface area (Å²) < 4.78 is 0. The molecule has 3 fully saturated rings. The lowest BCUT2D eigenvalue weighted by Crippen LogP contribution is -2.60. The monoisotopic (exact) mass is 358 g/mol. The van der Waals surface area contributed by atoms with Gasteiger partial charge >= 0.3 is 0 Å². The van der Waals surface area contributed by atoms with E-state index in [0.29, 0.717) is 12.8 Å². The molecule has 4 rings (SSSR count). The zero-order chi connectivity index (χ0) is 18.9. The highest BCUT2D eigenvalue weighted by atomic mass is 16.3. The van der Waals surface area contributed by atoms with Gasteiger partial charge in [-0.15, -0.1) is 0 Å². The van der Waals surface area contributed by atoms with Crippen molar-refractivity contribution in [2.75, 3.05) is 6.61 Å². The van der Waals surface area contributed by atoms with Crippen molar-refractivity contribution in [1.82, 2.24) is 0 Å². The van der Waals surface area contributed by atoms with Crippen molar-refractivity contribution in [3.05, 3.63) is 23.8 Å². The molecule has 0 radical (unpaired) electrons. The fourth-order valence-electron chi connectivity index (χ4n) is 6.62. The van der Waals surface area contributed by atoms with Crippen LogP contribution in [0.4, 0.5) is 0 Å². The zero-order valence-corrected chi connectivity index (χ0v) is 15.3. The number of rotatable bonds is 2. The number of fused-ring (bicyclic) bond motifs is 5. The molecule has 4 aliphatic carbocycles. The Morgan fingerprint density at radius 1 is 1.27 bits per heavy atom. The minimum Gasteiger partial charge on any atom is -0.388 e. The van der Waals surface area contributed by atoms with Gasteiger partial charge in [0.2, 0.25) is 0 Å².